The molecule has 18 heavy (non-hydrogen) atoms. The van der Waals surface area contributed by atoms with E-state index in [1.165, 1.54) is 20.8 Å². The predicted octanol–water partition coefficient (Wildman–Crippen LogP) is 3.80. The number of carbonyl (C=O) groups excluding carboxylic acids is 1. The number of rotatable bonds is 1. The Labute approximate surface area is 102 Å². The van der Waals surface area contributed by atoms with Crippen molar-refractivity contribution in [3.63, 3.8) is 0 Å². The Morgan fingerprint density at radius 1 is 1.17 bits per heavy atom. The SMILES string of the molecule is CC(C)(C)OC(=O)c1ccc(F)cc1C(F)(F)F. The van der Waals surface area contributed by atoms with Gasteiger partial charge >= 0.3 is 12.1 Å². The van der Waals surface area contributed by atoms with Crippen LogP contribution in [0.15, 0.2) is 18.2 Å². The number of carbonyl (C=O) groups is 1. The van der Waals surface area contributed by atoms with Gasteiger partial charge in [-0.25, -0.2) is 9.18 Å². The molecular weight excluding hydrogens is 252 g/mol. The van der Waals surface area contributed by atoms with Gasteiger partial charge in [0.05, 0.1) is 11.1 Å². The van der Waals surface area contributed by atoms with Gasteiger partial charge in [-0.3, -0.25) is 0 Å². The van der Waals surface area contributed by atoms with Crippen molar-refractivity contribution >= 4 is 5.97 Å². The Morgan fingerprint density at radius 3 is 2.17 bits per heavy atom. The van der Waals surface area contributed by atoms with Crippen LogP contribution in [0.25, 0.3) is 0 Å². The number of ether oxygens (including phenoxy) is 1. The van der Waals surface area contributed by atoms with Crippen LogP contribution in [-0.2, 0) is 10.9 Å². The molecule has 1 aromatic carbocycles. The van der Waals surface area contributed by atoms with Crippen LogP contribution >= 0.6 is 0 Å². The van der Waals surface area contributed by atoms with E-state index in [2.05, 4.69) is 0 Å². The number of hydrogen-bond donors (Lipinski definition) is 0. The van der Waals surface area contributed by atoms with Gasteiger partial charge in [0.2, 0.25) is 0 Å². The van der Waals surface area contributed by atoms with Crippen LogP contribution in [0, 0.1) is 5.82 Å². The van der Waals surface area contributed by atoms with Crippen molar-refractivity contribution in [3.05, 3.63) is 35.1 Å². The quantitative estimate of drug-likeness (QED) is 0.569. The molecule has 0 fully saturated rings. The van der Waals surface area contributed by atoms with Crippen LogP contribution < -0.4 is 0 Å². The molecule has 0 aromatic heterocycles. The first-order valence-corrected chi connectivity index (χ1v) is 5.11. The minimum Gasteiger partial charge on any atom is -0.456 e. The Morgan fingerprint density at radius 2 is 1.72 bits per heavy atom. The molecule has 100 valence electrons. The van der Waals surface area contributed by atoms with Crippen molar-refractivity contribution in [3.8, 4) is 0 Å². The van der Waals surface area contributed by atoms with Crippen LogP contribution in [0.3, 0.4) is 0 Å². The van der Waals surface area contributed by atoms with E-state index in [-0.39, 0.29) is 6.07 Å². The van der Waals surface area contributed by atoms with E-state index in [0.29, 0.717) is 0 Å². The summed E-state index contributed by atoms with van der Waals surface area (Å²) < 4.78 is 55.6. The summed E-state index contributed by atoms with van der Waals surface area (Å²) >= 11 is 0. The lowest BCUT2D eigenvalue weighted by Gasteiger charge is -2.21. The summed E-state index contributed by atoms with van der Waals surface area (Å²) in [6, 6.07) is 1.83. The molecule has 1 aromatic rings. The van der Waals surface area contributed by atoms with Crippen LogP contribution in [0.2, 0.25) is 0 Å². The predicted molar refractivity (Wildman–Crippen MR) is 56.6 cm³/mol. The Hall–Kier alpha value is -1.59. The van der Waals surface area contributed by atoms with Gasteiger partial charge in [0.25, 0.3) is 0 Å². The third-order valence-corrected chi connectivity index (χ3v) is 1.91. The Balaban J connectivity index is 3.21. The van der Waals surface area contributed by atoms with Crippen LogP contribution in [0.5, 0.6) is 0 Å². The first kappa shape index (κ1) is 14.5. The van der Waals surface area contributed by atoms with Crippen LogP contribution in [-0.4, -0.2) is 11.6 Å². The maximum absolute atomic E-state index is 12.8. The second-order valence-corrected chi connectivity index (χ2v) is 4.69. The van der Waals surface area contributed by atoms with Gasteiger partial charge in [-0.05, 0) is 39.0 Å². The third-order valence-electron chi connectivity index (χ3n) is 1.91. The Kier molecular flexibility index (Phi) is 3.69. The maximum atomic E-state index is 12.8. The summed E-state index contributed by atoms with van der Waals surface area (Å²) in [5.41, 5.74) is -2.95. The highest BCUT2D eigenvalue weighted by Crippen LogP contribution is 2.33. The number of benzene rings is 1. The molecule has 0 heterocycles. The molecule has 0 saturated carbocycles. The van der Waals surface area contributed by atoms with E-state index in [9.17, 15) is 22.4 Å². The summed E-state index contributed by atoms with van der Waals surface area (Å²) in [5.74, 6) is -2.19. The zero-order valence-electron chi connectivity index (χ0n) is 10.1. The molecule has 0 radical (unpaired) electrons. The van der Waals surface area contributed by atoms with Crippen molar-refractivity contribution in [2.24, 2.45) is 0 Å². The number of halogens is 4. The van der Waals surface area contributed by atoms with Crippen LogP contribution in [0.4, 0.5) is 17.6 Å². The fraction of sp³-hybridized carbons (Fsp3) is 0.417. The topological polar surface area (TPSA) is 26.3 Å². The van der Waals surface area contributed by atoms with Crippen molar-refractivity contribution in [2.45, 2.75) is 32.5 Å². The molecule has 0 N–H and O–H groups in total. The highest BCUT2D eigenvalue weighted by atomic mass is 19.4. The molecule has 0 saturated heterocycles. The molecule has 0 aliphatic carbocycles. The first-order valence-electron chi connectivity index (χ1n) is 5.11. The van der Waals surface area contributed by atoms with E-state index < -0.39 is 34.7 Å². The number of esters is 1. The molecule has 0 bridgehead atoms. The lowest BCUT2D eigenvalue weighted by atomic mass is 10.1. The van der Waals surface area contributed by atoms with Gasteiger partial charge < -0.3 is 4.74 Å². The average Bonchev–Trinajstić information content (AvgIpc) is 2.13. The zero-order valence-corrected chi connectivity index (χ0v) is 10.1. The molecule has 0 atom stereocenters. The average molecular weight is 264 g/mol. The second kappa shape index (κ2) is 4.59. The normalized spacial score (nSPS) is 12.4. The van der Waals surface area contributed by atoms with Crippen LogP contribution in [0.1, 0.15) is 36.7 Å². The van der Waals surface area contributed by atoms with E-state index in [1.807, 2.05) is 0 Å². The van der Waals surface area contributed by atoms with Gasteiger partial charge in [-0.2, -0.15) is 13.2 Å². The largest absolute Gasteiger partial charge is 0.456 e. The van der Waals surface area contributed by atoms with Gasteiger partial charge in [0.1, 0.15) is 11.4 Å². The Bertz CT molecular complexity index is 458. The standard InChI is InChI=1S/C12H12F4O2/c1-11(2,3)18-10(17)8-5-4-7(13)6-9(8)12(14,15)16/h4-6H,1-3H3. The molecule has 0 unspecified atom stereocenters. The molecule has 0 aliphatic rings. The van der Waals surface area contributed by atoms with E-state index in [1.54, 1.807) is 0 Å². The van der Waals surface area contributed by atoms with Gasteiger partial charge in [0.15, 0.2) is 0 Å². The van der Waals surface area contributed by atoms with Crippen molar-refractivity contribution < 1.29 is 27.1 Å². The third kappa shape index (κ3) is 3.72. The highest BCUT2D eigenvalue weighted by molar-refractivity contribution is 5.91. The van der Waals surface area contributed by atoms with Crippen molar-refractivity contribution in [1.29, 1.82) is 0 Å². The van der Waals surface area contributed by atoms with E-state index >= 15 is 0 Å². The second-order valence-electron chi connectivity index (χ2n) is 4.69. The molecule has 2 nitrogen and oxygen atoms in total. The summed E-state index contributed by atoms with van der Waals surface area (Å²) in [4.78, 5) is 11.6. The lowest BCUT2D eigenvalue weighted by molar-refractivity contribution is -0.138. The first-order chi connectivity index (χ1) is 8.00. The summed E-state index contributed by atoms with van der Waals surface area (Å²) in [5, 5.41) is 0. The van der Waals surface area contributed by atoms with Gasteiger partial charge in [0, 0.05) is 0 Å². The van der Waals surface area contributed by atoms with Crippen molar-refractivity contribution in [1.82, 2.24) is 0 Å². The number of alkyl halides is 3. The number of hydrogen-bond acceptors (Lipinski definition) is 2. The highest BCUT2D eigenvalue weighted by Gasteiger charge is 2.36. The summed E-state index contributed by atoms with van der Waals surface area (Å²) in [7, 11) is 0. The molecule has 0 spiro atoms. The van der Waals surface area contributed by atoms with Gasteiger partial charge in [-0.1, -0.05) is 0 Å². The maximum Gasteiger partial charge on any atom is 0.417 e. The van der Waals surface area contributed by atoms with E-state index in [0.717, 1.165) is 12.1 Å². The molecule has 0 aliphatic heterocycles. The molecule has 1 rings (SSSR count). The lowest BCUT2D eigenvalue weighted by Crippen LogP contribution is -2.25. The minimum absolute atomic E-state index is 0.277. The zero-order chi connectivity index (χ0) is 14.1. The minimum atomic E-state index is -4.81. The fourth-order valence-electron chi connectivity index (χ4n) is 1.26. The molecule has 0 amide bonds. The smallest absolute Gasteiger partial charge is 0.417 e. The fourth-order valence-corrected chi connectivity index (χ4v) is 1.26. The van der Waals surface area contributed by atoms with Crippen molar-refractivity contribution in [2.75, 3.05) is 0 Å². The molecular formula is C12H12F4O2. The summed E-state index contributed by atoms with van der Waals surface area (Å²) in [6.45, 7) is 4.59. The van der Waals surface area contributed by atoms with Gasteiger partial charge in [-0.15, -0.1) is 0 Å². The van der Waals surface area contributed by atoms with E-state index in [4.69, 9.17) is 4.74 Å². The summed E-state index contributed by atoms with van der Waals surface area (Å²) in [6.07, 6.45) is -4.81. The molecule has 6 heteroatoms. The monoisotopic (exact) mass is 264 g/mol.